The third kappa shape index (κ3) is 14.5. The van der Waals surface area contributed by atoms with E-state index < -0.39 is 54.1 Å². The summed E-state index contributed by atoms with van der Waals surface area (Å²) in [7, 11) is 1.60. The second-order valence-corrected chi connectivity index (χ2v) is 22.1. The van der Waals surface area contributed by atoms with Gasteiger partial charge in [0.25, 0.3) is 5.91 Å². The topological polar surface area (TPSA) is 282 Å². The third-order valence-corrected chi connectivity index (χ3v) is 15.7. The Morgan fingerprint density at radius 1 is 0.940 bits per heavy atom. The molecular weight excluding hydrogens is 1070 g/mol. The van der Waals surface area contributed by atoms with E-state index in [1.807, 2.05) is 85.7 Å². The minimum Gasteiger partial charge on any atom is -0.494 e. The number of hydrogen-bond donors (Lipinski definition) is 5. The van der Waals surface area contributed by atoms with Crippen LogP contribution in [0.25, 0.3) is 32.6 Å². The van der Waals surface area contributed by atoms with Crippen molar-refractivity contribution >= 4 is 85.4 Å². The fourth-order valence-corrected chi connectivity index (χ4v) is 11.3. The van der Waals surface area contributed by atoms with Crippen LogP contribution < -0.4 is 37.0 Å². The number of rotatable bonds is 29. The second kappa shape index (κ2) is 27.4. The quantitative estimate of drug-likeness (QED) is 0.0169. The molecule has 0 aliphatic carbocycles. The standard InChI is InChI=1S/C61H77N13O8S/c1-13-16-24-46(67-51(75)33-73-52(76)32-44(34(4)5)59(73)80)57(78)64-38(9)35(6)22-18-17-19-23-41-28-43(56(63)77)29-47-53(41)71(60(68-47)69-58(79)55-45(14-2)66-40(11)82-55)25-20-21-26-72-54-49(81-12)30-42(37(8)62)31-50(54)83-61(72)65-39(10)48-27-36(7)70-74(48)15-3/h13,20-21,27-31,34,38,44,46H,1,6,8,10,14-19,22-26,32-33,62H2,2-5,7,9,11-12H3,(H2,63,77)(H,64,78)(H,67,75)(H,68,69,79)/b21-20+,65-61?/t38-,44?,46?/m0/s1. The number of imide groups is 1. The van der Waals surface area contributed by atoms with Crippen LogP contribution in [0.5, 0.6) is 5.75 Å². The molecule has 6 amide bonds. The van der Waals surface area contributed by atoms with E-state index in [9.17, 15) is 28.8 Å². The van der Waals surface area contributed by atoms with Crippen LogP contribution in [0.1, 0.15) is 135 Å². The van der Waals surface area contributed by atoms with Crippen LogP contribution in [-0.4, -0.2) is 95.0 Å². The van der Waals surface area contributed by atoms with Crippen molar-refractivity contribution in [1.29, 1.82) is 0 Å². The number of fused-ring (bicyclic) bond motifs is 2. The minimum absolute atomic E-state index is 0.0494. The van der Waals surface area contributed by atoms with E-state index in [2.05, 4.69) is 52.3 Å². The zero-order valence-electron chi connectivity index (χ0n) is 48.9. The first-order valence-electron chi connectivity index (χ1n) is 28.0. The molecule has 83 heavy (non-hydrogen) atoms. The Kier molecular flexibility index (Phi) is 20.5. The Bertz CT molecular complexity index is 3630. The number of aryl methyl sites for hydroxylation is 5. The number of aromatic nitrogens is 6. The van der Waals surface area contributed by atoms with E-state index in [1.165, 1.54) is 11.3 Å². The summed E-state index contributed by atoms with van der Waals surface area (Å²) in [6.45, 7) is 30.1. The van der Waals surface area contributed by atoms with Crippen molar-refractivity contribution in [1.82, 2.24) is 44.4 Å². The van der Waals surface area contributed by atoms with Gasteiger partial charge in [0.1, 0.15) is 23.9 Å². The number of hydrogen-bond acceptors (Lipinski definition) is 14. The maximum atomic E-state index is 14.0. The molecule has 0 bridgehead atoms. The summed E-state index contributed by atoms with van der Waals surface area (Å²) in [6, 6.07) is 7.77. The van der Waals surface area contributed by atoms with E-state index >= 15 is 0 Å². The van der Waals surface area contributed by atoms with Gasteiger partial charge >= 0.3 is 0 Å². The van der Waals surface area contributed by atoms with E-state index in [0.29, 0.717) is 89.8 Å². The smallest absolute Gasteiger partial charge is 0.295 e. The Morgan fingerprint density at radius 2 is 1.67 bits per heavy atom. The highest BCUT2D eigenvalue weighted by atomic mass is 32.1. The molecule has 7 N–H and O–H groups in total. The number of unbranched alkanes of at least 4 members (excludes halogenated alkanes) is 2. The zero-order chi connectivity index (χ0) is 60.4. The minimum atomic E-state index is -0.932. The lowest BCUT2D eigenvalue weighted by atomic mass is 9.94. The highest BCUT2D eigenvalue weighted by molar-refractivity contribution is 7.16. The molecule has 2 aromatic carbocycles. The first-order valence-corrected chi connectivity index (χ1v) is 28.8. The van der Waals surface area contributed by atoms with Gasteiger partial charge in [0.15, 0.2) is 10.7 Å². The van der Waals surface area contributed by atoms with E-state index in [1.54, 1.807) is 32.2 Å². The number of likely N-dealkylation sites (tertiary alicyclic amines) is 1. The maximum absolute atomic E-state index is 14.0. The number of thiazole rings is 1. The first kappa shape index (κ1) is 61.9. The molecule has 0 saturated carbocycles. The number of primary amides is 1. The van der Waals surface area contributed by atoms with Gasteiger partial charge in [-0.15, -0.1) is 6.58 Å². The van der Waals surface area contributed by atoms with Crippen molar-refractivity contribution in [3.05, 3.63) is 131 Å². The van der Waals surface area contributed by atoms with Crippen LogP contribution in [0.2, 0.25) is 0 Å². The van der Waals surface area contributed by atoms with Crippen molar-refractivity contribution in [3.63, 3.8) is 0 Å². The van der Waals surface area contributed by atoms with Crippen LogP contribution >= 0.6 is 11.3 Å². The molecule has 1 aliphatic rings. The first-order chi connectivity index (χ1) is 39.6. The normalized spacial score (nSPS) is 14.5. The lowest BCUT2D eigenvalue weighted by molar-refractivity contribution is -0.143. The largest absolute Gasteiger partial charge is 0.494 e. The van der Waals surface area contributed by atoms with Gasteiger partial charge in [0, 0.05) is 61.8 Å². The Hall–Kier alpha value is -8.66. The van der Waals surface area contributed by atoms with Crippen molar-refractivity contribution < 1.29 is 37.9 Å². The number of methoxy groups -OCH3 is 1. The molecule has 22 heteroatoms. The van der Waals surface area contributed by atoms with Gasteiger partial charge in [-0.3, -0.25) is 43.7 Å². The molecule has 3 atom stereocenters. The van der Waals surface area contributed by atoms with Crippen molar-refractivity contribution in [2.75, 3.05) is 19.0 Å². The van der Waals surface area contributed by atoms with E-state index in [4.69, 9.17) is 30.6 Å². The van der Waals surface area contributed by atoms with Crippen LogP contribution in [-0.2, 0) is 51.7 Å². The average Bonchev–Trinajstić information content (AvgIpc) is 3.64. The number of imidazole rings is 1. The number of carbonyl (C=O) groups excluding carboxylic acids is 6. The zero-order valence-corrected chi connectivity index (χ0v) is 49.7. The third-order valence-electron chi connectivity index (χ3n) is 14.7. The SMILES string of the molecule is C=CCCC(NC(=O)CN1C(=O)CC(C(C)C)C1=O)C(=O)N[C@@H](C)C(=C)CCCCCc1cc(C(N)=O)cc2nc(NC(=O)c3oc(C)nc3CC)n(C/C=C/Cn3c(=NC(=C)c4cc(C)nn4CC)sc4cc(C(=C)N)cc(OC)c43)c12. The number of ether oxygens (including phenoxy) is 1. The number of allylic oxidation sites excluding steroid dienone is 3. The number of nitrogens with one attached hydrogen (secondary N) is 3. The van der Waals surface area contributed by atoms with Gasteiger partial charge < -0.3 is 40.4 Å². The van der Waals surface area contributed by atoms with Crippen LogP contribution in [0.15, 0.2) is 89.9 Å². The molecule has 440 valence electrons. The lowest BCUT2D eigenvalue weighted by Gasteiger charge is -2.23. The summed E-state index contributed by atoms with van der Waals surface area (Å²) in [5.41, 5.74) is 19.6. The van der Waals surface area contributed by atoms with Gasteiger partial charge in [-0.25, -0.2) is 15.0 Å². The summed E-state index contributed by atoms with van der Waals surface area (Å²) < 4.78 is 18.4. The van der Waals surface area contributed by atoms with Crippen LogP contribution in [0.3, 0.4) is 0 Å². The summed E-state index contributed by atoms with van der Waals surface area (Å²) in [6.07, 6.45) is 10.1. The number of amides is 6. The molecule has 6 aromatic rings. The molecular formula is C61H77N13O8S. The predicted octanol–water partition coefficient (Wildman–Crippen LogP) is 8.20. The number of nitrogens with zero attached hydrogens (tertiary/aromatic N) is 8. The summed E-state index contributed by atoms with van der Waals surface area (Å²) in [5.74, 6) is -2.29. The lowest BCUT2D eigenvalue weighted by Crippen LogP contribution is -2.52. The van der Waals surface area contributed by atoms with Crippen LogP contribution in [0.4, 0.5) is 5.95 Å². The van der Waals surface area contributed by atoms with Crippen molar-refractivity contribution in [3.8, 4) is 5.75 Å². The van der Waals surface area contributed by atoms with Gasteiger partial charge in [-0.05, 0) is 108 Å². The number of oxazole rings is 1. The highest BCUT2D eigenvalue weighted by Crippen LogP contribution is 2.33. The Labute approximate surface area is 487 Å². The Balaban J connectivity index is 1.11. The molecule has 1 aliphatic heterocycles. The monoisotopic (exact) mass is 1150 g/mol. The average molecular weight is 1150 g/mol. The second-order valence-electron chi connectivity index (χ2n) is 21.1. The van der Waals surface area contributed by atoms with E-state index in [0.717, 1.165) is 56.0 Å². The van der Waals surface area contributed by atoms with Crippen molar-refractivity contribution in [2.45, 2.75) is 138 Å². The molecule has 2 unspecified atom stereocenters. The van der Waals surface area contributed by atoms with Gasteiger partial charge in [0.05, 0.1) is 45.6 Å². The summed E-state index contributed by atoms with van der Waals surface area (Å²) >= 11 is 1.46. The molecule has 5 heterocycles. The fraction of sp³-hybridized carbons (Fsp3) is 0.410. The molecule has 0 radical (unpaired) electrons. The molecule has 1 fully saturated rings. The van der Waals surface area contributed by atoms with Crippen molar-refractivity contribution in [2.24, 2.45) is 28.3 Å². The summed E-state index contributed by atoms with van der Waals surface area (Å²) in [4.78, 5) is 95.1. The molecule has 21 nitrogen and oxygen atoms in total. The van der Waals surface area contributed by atoms with Gasteiger partial charge in [-0.1, -0.05) is 82.1 Å². The van der Waals surface area contributed by atoms with Crippen LogP contribution in [0, 0.1) is 25.7 Å². The number of benzene rings is 2. The molecule has 1 saturated heterocycles. The highest BCUT2D eigenvalue weighted by Gasteiger charge is 2.41. The number of anilines is 1. The van der Waals surface area contributed by atoms with Gasteiger partial charge in [-0.2, -0.15) is 5.10 Å². The fourth-order valence-electron chi connectivity index (χ4n) is 10.1. The van der Waals surface area contributed by atoms with E-state index in [-0.39, 0.29) is 48.5 Å². The Morgan fingerprint density at radius 3 is 2.33 bits per heavy atom. The molecule has 0 spiro atoms. The number of carbonyl (C=O) groups is 6. The maximum Gasteiger partial charge on any atom is 0.295 e. The molecule has 7 rings (SSSR count). The molecule has 4 aromatic heterocycles. The summed E-state index contributed by atoms with van der Waals surface area (Å²) in [5, 5.41) is 13.3. The predicted molar refractivity (Wildman–Crippen MR) is 323 cm³/mol. The van der Waals surface area contributed by atoms with Gasteiger partial charge in [0.2, 0.25) is 41.2 Å². The number of nitrogens with two attached hydrogens (primary N) is 2.